The molecule has 1 unspecified atom stereocenters. The normalized spacial score (nSPS) is 12.5. The van der Waals surface area contributed by atoms with Crippen LogP contribution in [0.5, 0.6) is 0 Å². The molecule has 96 valence electrons. The highest BCUT2D eigenvalue weighted by molar-refractivity contribution is 5.41. The number of pyridine rings is 1. The Morgan fingerprint density at radius 2 is 2.24 bits per heavy atom. The van der Waals surface area contributed by atoms with Gasteiger partial charge in [-0.1, -0.05) is 0 Å². The van der Waals surface area contributed by atoms with Crippen molar-refractivity contribution in [3.05, 3.63) is 23.9 Å². The third kappa shape index (κ3) is 4.32. The van der Waals surface area contributed by atoms with Gasteiger partial charge in [0.05, 0.1) is 12.7 Å². The van der Waals surface area contributed by atoms with Gasteiger partial charge in [-0.25, -0.2) is 4.98 Å². The van der Waals surface area contributed by atoms with Gasteiger partial charge < -0.3 is 14.7 Å². The standard InChI is InChI=1S/C13H22N2O2/c1-4-15(8-9-17-5-2)13-10-12(11(3)16)6-7-14-13/h6-7,10-11,16H,4-5,8-9H2,1-3H3. The quantitative estimate of drug-likeness (QED) is 0.738. The van der Waals surface area contributed by atoms with Gasteiger partial charge in [0.1, 0.15) is 5.82 Å². The van der Waals surface area contributed by atoms with Crippen LogP contribution in [-0.2, 0) is 4.74 Å². The molecule has 0 saturated carbocycles. The van der Waals surface area contributed by atoms with E-state index in [1.807, 2.05) is 19.1 Å². The van der Waals surface area contributed by atoms with Gasteiger partial charge in [-0.05, 0) is 38.5 Å². The average Bonchev–Trinajstić information content (AvgIpc) is 2.35. The number of aliphatic hydroxyl groups is 1. The van der Waals surface area contributed by atoms with E-state index in [0.29, 0.717) is 6.61 Å². The van der Waals surface area contributed by atoms with Crippen molar-refractivity contribution in [3.8, 4) is 0 Å². The number of anilines is 1. The first-order valence-electron chi connectivity index (χ1n) is 6.15. The summed E-state index contributed by atoms with van der Waals surface area (Å²) < 4.78 is 5.35. The molecule has 0 radical (unpaired) electrons. The third-order valence-corrected chi connectivity index (χ3v) is 2.67. The Kier molecular flexibility index (Phi) is 5.94. The summed E-state index contributed by atoms with van der Waals surface area (Å²) in [6.45, 7) is 8.97. The summed E-state index contributed by atoms with van der Waals surface area (Å²) in [4.78, 5) is 6.47. The zero-order valence-corrected chi connectivity index (χ0v) is 10.9. The van der Waals surface area contributed by atoms with Crippen LogP contribution in [0.25, 0.3) is 0 Å². The van der Waals surface area contributed by atoms with Crippen molar-refractivity contribution >= 4 is 5.82 Å². The molecule has 0 aromatic carbocycles. The van der Waals surface area contributed by atoms with E-state index in [0.717, 1.165) is 31.1 Å². The average molecular weight is 238 g/mol. The highest BCUT2D eigenvalue weighted by atomic mass is 16.5. The number of aromatic nitrogens is 1. The molecule has 0 aliphatic rings. The first kappa shape index (κ1) is 13.9. The van der Waals surface area contributed by atoms with Crippen LogP contribution in [0.3, 0.4) is 0 Å². The zero-order valence-electron chi connectivity index (χ0n) is 10.9. The molecular weight excluding hydrogens is 216 g/mol. The van der Waals surface area contributed by atoms with Gasteiger partial charge in [0.25, 0.3) is 0 Å². The molecule has 0 fully saturated rings. The van der Waals surface area contributed by atoms with Gasteiger partial charge in [0.15, 0.2) is 0 Å². The van der Waals surface area contributed by atoms with Crippen molar-refractivity contribution in [2.75, 3.05) is 31.2 Å². The molecule has 0 saturated heterocycles. The molecule has 0 bridgehead atoms. The summed E-state index contributed by atoms with van der Waals surface area (Å²) in [6.07, 6.45) is 1.28. The van der Waals surface area contributed by atoms with Crippen molar-refractivity contribution in [3.63, 3.8) is 0 Å². The van der Waals surface area contributed by atoms with E-state index in [1.165, 1.54) is 0 Å². The molecule has 1 rings (SSSR count). The SMILES string of the molecule is CCOCCN(CC)c1cc(C(C)O)ccn1. The number of hydrogen-bond acceptors (Lipinski definition) is 4. The van der Waals surface area contributed by atoms with Crippen LogP contribution in [-0.4, -0.2) is 36.4 Å². The Hall–Kier alpha value is -1.13. The van der Waals surface area contributed by atoms with E-state index < -0.39 is 6.10 Å². The Labute approximate surface area is 103 Å². The van der Waals surface area contributed by atoms with Gasteiger partial charge in [0, 0.05) is 25.9 Å². The Bertz CT molecular complexity index is 329. The van der Waals surface area contributed by atoms with Crippen LogP contribution in [0.4, 0.5) is 5.82 Å². The first-order chi connectivity index (χ1) is 8.19. The van der Waals surface area contributed by atoms with Crippen LogP contribution >= 0.6 is 0 Å². The Balaban J connectivity index is 2.70. The number of rotatable bonds is 7. The van der Waals surface area contributed by atoms with E-state index in [9.17, 15) is 5.11 Å². The Morgan fingerprint density at radius 1 is 1.47 bits per heavy atom. The molecule has 0 spiro atoms. The summed E-state index contributed by atoms with van der Waals surface area (Å²) in [6, 6.07) is 3.77. The molecule has 4 nitrogen and oxygen atoms in total. The second-order valence-electron chi connectivity index (χ2n) is 3.90. The largest absolute Gasteiger partial charge is 0.389 e. The molecule has 1 aromatic heterocycles. The van der Waals surface area contributed by atoms with Crippen LogP contribution < -0.4 is 4.90 Å². The molecule has 4 heteroatoms. The fraction of sp³-hybridized carbons (Fsp3) is 0.615. The smallest absolute Gasteiger partial charge is 0.128 e. The second kappa shape index (κ2) is 7.25. The molecule has 0 amide bonds. The molecule has 0 aliphatic carbocycles. The van der Waals surface area contributed by atoms with Crippen molar-refractivity contribution in [2.24, 2.45) is 0 Å². The summed E-state index contributed by atoms with van der Waals surface area (Å²) >= 11 is 0. The van der Waals surface area contributed by atoms with Gasteiger partial charge in [-0.3, -0.25) is 0 Å². The topological polar surface area (TPSA) is 45.6 Å². The van der Waals surface area contributed by atoms with Crippen molar-refractivity contribution in [1.82, 2.24) is 4.98 Å². The lowest BCUT2D eigenvalue weighted by atomic mass is 10.1. The lowest BCUT2D eigenvalue weighted by Crippen LogP contribution is -2.28. The van der Waals surface area contributed by atoms with Gasteiger partial charge >= 0.3 is 0 Å². The van der Waals surface area contributed by atoms with E-state index in [1.54, 1.807) is 13.1 Å². The van der Waals surface area contributed by atoms with Crippen molar-refractivity contribution in [1.29, 1.82) is 0 Å². The van der Waals surface area contributed by atoms with Crippen molar-refractivity contribution < 1.29 is 9.84 Å². The predicted octanol–water partition coefficient (Wildman–Crippen LogP) is 2.00. The van der Waals surface area contributed by atoms with Crippen LogP contribution in [0, 0.1) is 0 Å². The minimum Gasteiger partial charge on any atom is -0.389 e. The number of aliphatic hydroxyl groups excluding tert-OH is 1. The van der Waals surface area contributed by atoms with Gasteiger partial charge in [0.2, 0.25) is 0 Å². The minimum absolute atomic E-state index is 0.456. The predicted molar refractivity (Wildman–Crippen MR) is 69.3 cm³/mol. The monoisotopic (exact) mass is 238 g/mol. The zero-order chi connectivity index (χ0) is 12.7. The first-order valence-corrected chi connectivity index (χ1v) is 6.15. The summed E-state index contributed by atoms with van der Waals surface area (Å²) in [5.74, 6) is 0.894. The van der Waals surface area contributed by atoms with E-state index >= 15 is 0 Å². The third-order valence-electron chi connectivity index (χ3n) is 2.67. The maximum Gasteiger partial charge on any atom is 0.128 e. The number of nitrogens with zero attached hydrogens (tertiary/aromatic N) is 2. The molecule has 1 N–H and O–H groups in total. The fourth-order valence-electron chi connectivity index (χ4n) is 1.62. The molecule has 1 heterocycles. The lowest BCUT2D eigenvalue weighted by molar-refractivity contribution is 0.154. The van der Waals surface area contributed by atoms with Crippen molar-refractivity contribution in [2.45, 2.75) is 26.9 Å². The maximum atomic E-state index is 9.55. The van der Waals surface area contributed by atoms with E-state index in [4.69, 9.17) is 4.74 Å². The van der Waals surface area contributed by atoms with Crippen LogP contribution in [0.1, 0.15) is 32.4 Å². The molecule has 0 aliphatic heterocycles. The van der Waals surface area contributed by atoms with Crippen LogP contribution in [0.15, 0.2) is 18.3 Å². The maximum absolute atomic E-state index is 9.55. The minimum atomic E-state index is -0.456. The Morgan fingerprint density at radius 3 is 2.82 bits per heavy atom. The second-order valence-corrected chi connectivity index (χ2v) is 3.90. The summed E-state index contributed by atoms with van der Waals surface area (Å²) in [5, 5.41) is 9.55. The molecule has 1 aromatic rings. The molecule has 1 atom stereocenters. The fourth-order valence-corrected chi connectivity index (χ4v) is 1.62. The van der Waals surface area contributed by atoms with Crippen LogP contribution in [0.2, 0.25) is 0 Å². The molecular formula is C13H22N2O2. The number of hydrogen-bond donors (Lipinski definition) is 1. The number of likely N-dealkylation sites (N-methyl/N-ethyl adjacent to an activating group) is 1. The highest BCUT2D eigenvalue weighted by Gasteiger charge is 2.08. The van der Waals surface area contributed by atoms with E-state index in [2.05, 4.69) is 16.8 Å². The number of ether oxygens (including phenoxy) is 1. The molecule has 17 heavy (non-hydrogen) atoms. The highest BCUT2D eigenvalue weighted by Crippen LogP contribution is 2.17. The summed E-state index contributed by atoms with van der Waals surface area (Å²) in [7, 11) is 0. The van der Waals surface area contributed by atoms with Gasteiger partial charge in [-0.15, -0.1) is 0 Å². The summed E-state index contributed by atoms with van der Waals surface area (Å²) in [5.41, 5.74) is 0.893. The van der Waals surface area contributed by atoms with E-state index in [-0.39, 0.29) is 0 Å². The lowest BCUT2D eigenvalue weighted by Gasteiger charge is -2.22. The van der Waals surface area contributed by atoms with Gasteiger partial charge in [-0.2, -0.15) is 0 Å².